The molecule has 1 unspecified atom stereocenters. The first kappa shape index (κ1) is 14.6. The van der Waals surface area contributed by atoms with E-state index in [-0.39, 0.29) is 6.04 Å². The van der Waals surface area contributed by atoms with Crippen molar-refractivity contribution >= 4 is 37.3 Å². The van der Waals surface area contributed by atoms with Crippen molar-refractivity contribution in [3.63, 3.8) is 0 Å². The fourth-order valence-electron chi connectivity index (χ4n) is 1.60. The van der Waals surface area contributed by atoms with E-state index < -0.39 is 10.0 Å². The number of pyridine rings is 1. The number of hydrogen-bond acceptors (Lipinski definition) is 4. The summed E-state index contributed by atoms with van der Waals surface area (Å²) in [5.41, 5.74) is 0.726. The summed E-state index contributed by atoms with van der Waals surface area (Å²) in [6, 6.07) is 8.50. The zero-order valence-electron chi connectivity index (χ0n) is 10.4. The maximum atomic E-state index is 12.4. The minimum atomic E-state index is -3.48. The highest BCUT2D eigenvalue weighted by Gasteiger charge is 2.28. The first-order valence-corrected chi connectivity index (χ1v) is 8.62. The van der Waals surface area contributed by atoms with Gasteiger partial charge in [-0.1, -0.05) is 6.07 Å². The topological polar surface area (TPSA) is 50.3 Å². The Kier molecular flexibility index (Phi) is 4.39. The van der Waals surface area contributed by atoms with Gasteiger partial charge in [0.1, 0.15) is 4.21 Å². The molecule has 0 saturated carbocycles. The van der Waals surface area contributed by atoms with Crippen LogP contribution in [0.1, 0.15) is 18.7 Å². The van der Waals surface area contributed by atoms with Gasteiger partial charge in [-0.25, -0.2) is 8.42 Å². The van der Waals surface area contributed by atoms with Crippen LogP contribution in [-0.2, 0) is 10.0 Å². The largest absolute Gasteiger partial charge is 0.260 e. The van der Waals surface area contributed by atoms with Crippen molar-refractivity contribution in [2.24, 2.45) is 0 Å². The Morgan fingerprint density at radius 3 is 2.58 bits per heavy atom. The molecule has 0 aliphatic heterocycles. The zero-order valence-corrected chi connectivity index (χ0v) is 13.7. The van der Waals surface area contributed by atoms with Crippen LogP contribution in [0.2, 0.25) is 0 Å². The fraction of sp³-hybridized carbons (Fsp3) is 0.250. The van der Waals surface area contributed by atoms with Crippen LogP contribution in [0.5, 0.6) is 0 Å². The van der Waals surface area contributed by atoms with Gasteiger partial charge >= 0.3 is 0 Å². The van der Waals surface area contributed by atoms with Crippen molar-refractivity contribution in [1.29, 1.82) is 0 Å². The Morgan fingerprint density at radius 1 is 1.32 bits per heavy atom. The van der Waals surface area contributed by atoms with E-state index in [0.717, 1.165) is 9.48 Å². The van der Waals surface area contributed by atoms with Gasteiger partial charge < -0.3 is 0 Å². The molecule has 0 fully saturated rings. The molecule has 4 nitrogen and oxygen atoms in total. The molecule has 2 rings (SSSR count). The van der Waals surface area contributed by atoms with E-state index in [1.165, 1.54) is 15.6 Å². The molecule has 0 amide bonds. The van der Waals surface area contributed by atoms with E-state index in [1.807, 2.05) is 19.1 Å². The summed E-state index contributed by atoms with van der Waals surface area (Å²) in [6.07, 6.45) is 1.66. The summed E-state index contributed by atoms with van der Waals surface area (Å²) >= 11 is 4.48. The predicted octanol–water partition coefficient (Wildman–Crippen LogP) is 3.29. The average Bonchev–Trinajstić information content (AvgIpc) is 2.85. The summed E-state index contributed by atoms with van der Waals surface area (Å²) in [5.74, 6) is 0. The molecular formula is C12H13BrN2O2S2. The Labute approximate surface area is 125 Å². The molecule has 0 spiro atoms. The maximum Gasteiger partial charge on any atom is 0.252 e. The van der Waals surface area contributed by atoms with Crippen LogP contribution in [-0.4, -0.2) is 24.8 Å². The smallest absolute Gasteiger partial charge is 0.252 e. The summed E-state index contributed by atoms with van der Waals surface area (Å²) in [6.45, 7) is 1.82. The van der Waals surface area contributed by atoms with Gasteiger partial charge in [-0.05, 0) is 47.1 Å². The molecule has 1 atom stereocenters. The van der Waals surface area contributed by atoms with E-state index in [4.69, 9.17) is 0 Å². The highest BCUT2D eigenvalue weighted by atomic mass is 79.9. The van der Waals surface area contributed by atoms with Crippen molar-refractivity contribution in [2.45, 2.75) is 17.2 Å². The van der Waals surface area contributed by atoms with Crippen LogP contribution < -0.4 is 0 Å². The third kappa shape index (κ3) is 3.05. The number of sulfonamides is 1. The normalized spacial score (nSPS) is 13.7. The second kappa shape index (κ2) is 5.70. The van der Waals surface area contributed by atoms with Crippen LogP contribution in [0.3, 0.4) is 0 Å². The molecule has 2 aromatic rings. The fourth-order valence-corrected chi connectivity index (χ4v) is 5.13. The summed E-state index contributed by atoms with van der Waals surface area (Å²) in [4.78, 5) is 4.20. The van der Waals surface area contributed by atoms with E-state index >= 15 is 0 Å². The predicted molar refractivity (Wildman–Crippen MR) is 79.6 cm³/mol. The number of nitrogens with zero attached hydrogens (tertiary/aromatic N) is 2. The van der Waals surface area contributed by atoms with Gasteiger partial charge in [0.2, 0.25) is 0 Å². The molecular weight excluding hydrogens is 348 g/mol. The molecule has 2 heterocycles. The lowest BCUT2D eigenvalue weighted by molar-refractivity contribution is 0.393. The number of aromatic nitrogens is 1. The maximum absolute atomic E-state index is 12.4. The van der Waals surface area contributed by atoms with Crippen LogP contribution in [0, 0.1) is 0 Å². The Balaban J connectivity index is 2.31. The molecule has 0 radical (unpaired) electrons. The number of hydrogen-bond donors (Lipinski definition) is 0. The Bertz CT molecular complexity index is 655. The standard InChI is InChI=1S/C12H13BrN2O2S2/c1-9(10-5-3-4-8-14-10)15(2)19(16,17)12-7-6-11(13)18-12/h3-9H,1-2H3. The van der Waals surface area contributed by atoms with Crippen LogP contribution >= 0.6 is 27.3 Å². The lowest BCUT2D eigenvalue weighted by Gasteiger charge is -2.23. The van der Waals surface area contributed by atoms with Gasteiger partial charge in [0.25, 0.3) is 10.0 Å². The molecule has 0 aromatic carbocycles. The Morgan fingerprint density at radius 2 is 2.05 bits per heavy atom. The number of halogens is 1. The average molecular weight is 361 g/mol. The summed E-state index contributed by atoms with van der Waals surface area (Å²) in [5, 5.41) is 0. The molecule has 0 aliphatic carbocycles. The van der Waals surface area contributed by atoms with Crippen molar-refractivity contribution in [1.82, 2.24) is 9.29 Å². The summed E-state index contributed by atoms with van der Waals surface area (Å²) < 4.78 is 27.4. The Hall–Kier alpha value is -0.760. The quantitative estimate of drug-likeness (QED) is 0.840. The third-order valence-corrected chi connectivity index (χ3v) is 6.86. The van der Waals surface area contributed by atoms with E-state index in [0.29, 0.717) is 4.21 Å². The van der Waals surface area contributed by atoms with Gasteiger partial charge in [-0.3, -0.25) is 4.98 Å². The number of rotatable bonds is 4. The highest BCUT2D eigenvalue weighted by Crippen LogP contribution is 2.31. The van der Waals surface area contributed by atoms with Crippen LogP contribution in [0.15, 0.2) is 44.5 Å². The van der Waals surface area contributed by atoms with E-state index in [1.54, 1.807) is 31.4 Å². The molecule has 102 valence electrons. The van der Waals surface area contributed by atoms with Gasteiger partial charge in [0.15, 0.2) is 0 Å². The molecule has 7 heteroatoms. The van der Waals surface area contributed by atoms with E-state index in [2.05, 4.69) is 20.9 Å². The highest BCUT2D eigenvalue weighted by molar-refractivity contribution is 9.11. The minimum Gasteiger partial charge on any atom is -0.260 e. The third-order valence-electron chi connectivity index (χ3n) is 2.84. The van der Waals surface area contributed by atoms with E-state index in [9.17, 15) is 8.42 Å². The van der Waals surface area contributed by atoms with Gasteiger partial charge in [0, 0.05) is 13.2 Å². The molecule has 19 heavy (non-hydrogen) atoms. The van der Waals surface area contributed by atoms with Gasteiger partial charge in [-0.2, -0.15) is 4.31 Å². The lowest BCUT2D eigenvalue weighted by Crippen LogP contribution is -2.29. The number of thiophene rings is 1. The van der Waals surface area contributed by atoms with Crippen molar-refractivity contribution < 1.29 is 8.42 Å². The van der Waals surface area contributed by atoms with Crippen molar-refractivity contribution in [3.05, 3.63) is 46.0 Å². The van der Waals surface area contributed by atoms with Crippen LogP contribution in [0.25, 0.3) is 0 Å². The van der Waals surface area contributed by atoms with Crippen molar-refractivity contribution in [2.75, 3.05) is 7.05 Å². The first-order chi connectivity index (χ1) is 8.93. The molecule has 0 N–H and O–H groups in total. The van der Waals surface area contributed by atoms with Crippen LogP contribution in [0.4, 0.5) is 0 Å². The lowest BCUT2D eigenvalue weighted by atomic mass is 10.2. The monoisotopic (exact) mass is 360 g/mol. The second-order valence-electron chi connectivity index (χ2n) is 4.01. The first-order valence-electron chi connectivity index (χ1n) is 5.57. The van der Waals surface area contributed by atoms with Gasteiger partial charge in [0.05, 0.1) is 15.5 Å². The second-order valence-corrected chi connectivity index (χ2v) is 8.70. The SMILES string of the molecule is CC(c1ccccn1)N(C)S(=O)(=O)c1ccc(Br)s1. The zero-order chi connectivity index (χ0) is 14.0. The van der Waals surface area contributed by atoms with Crippen molar-refractivity contribution in [3.8, 4) is 0 Å². The molecule has 0 saturated heterocycles. The molecule has 2 aromatic heterocycles. The molecule has 0 bridgehead atoms. The minimum absolute atomic E-state index is 0.313. The summed E-state index contributed by atoms with van der Waals surface area (Å²) in [7, 11) is -1.91. The van der Waals surface area contributed by atoms with Gasteiger partial charge in [-0.15, -0.1) is 11.3 Å². The molecule has 0 aliphatic rings.